The Morgan fingerprint density at radius 1 is 0.382 bits per heavy atom. The maximum atomic E-state index is 11.5. The van der Waals surface area contributed by atoms with Crippen molar-refractivity contribution in [1.29, 1.82) is 0 Å². The van der Waals surface area contributed by atoms with Crippen LogP contribution in [0.1, 0.15) is 128 Å². The summed E-state index contributed by atoms with van der Waals surface area (Å²) in [7, 11) is 0. The van der Waals surface area contributed by atoms with Crippen molar-refractivity contribution in [2.45, 2.75) is 128 Å². The first-order valence-electron chi connectivity index (χ1n) is 20.9. The molecule has 0 aliphatic carbocycles. The van der Waals surface area contributed by atoms with Gasteiger partial charge in [0.2, 0.25) is 0 Å². The summed E-state index contributed by atoms with van der Waals surface area (Å²) in [4.78, 5) is 24.4. The predicted molar refractivity (Wildman–Crippen MR) is 221 cm³/mol. The van der Waals surface area contributed by atoms with Gasteiger partial charge < -0.3 is 34.1 Å². The van der Waals surface area contributed by atoms with Gasteiger partial charge in [0.05, 0.1) is 26.4 Å². The molecule has 9 heteroatoms. The minimum Gasteiger partial charge on any atom is -0.494 e. The van der Waals surface area contributed by atoms with Gasteiger partial charge in [-0.15, -0.1) is 0 Å². The molecule has 3 rings (SSSR count). The third kappa shape index (κ3) is 23.2. The third-order valence-electron chi connectivity index (χ3n) is 9.52. The lowest BCUT2D eigenvalue weighted by Gasteiger charge is -2.22. The van der Waals surface area contributed by atoms with E-state index in [2.05, 4.69) is 0 Å². The largest absolute Gasteiger partial charge is 0.494 e. The molecule has 9 nitrogen and oxygen atoms in total. The molecule has 0 fully saturated rings. The Balaban J connectivity index is 1.25. The van der Waals surface area contributed by atoms with Crippen LogP contribution in [0.5, 0.6) is 23.0 Å². The van der Waals surface area contributed by atoms with Crippen molar-refractivity contribution < 1.29 is 38.7 Å². The number of unbranched alkanes of at least 4 members (excludes halogenated alkanes) is 18. The second-order valence-corrected chi connectivity index (χ2v) is 14.4. The standard InChI is InChI=1S/C46H67NO8/c48-45(49)38-47(39-46(50)51)40-35-43(54-33-25-15-11-7-3-1-5-9-13-23-31-52-41-27-19-17-20-28-41)37-44(36-40)55-34-26-16-12-8-4-2-6-10-14-24-32-53-42-29-21-18-22-30-42/h17-22,27-30,35-37H,1-16,23-26,31-34,38-39H2,(H,48,49)(H,50,51). The molecule has 0 bridgehead atoms. The molecule has 0 amide bonds. The van der Waals surface area contributed by atoms with Crippen molar-refractivity contribution in [1.82, 2.24) is 0 Å². The van der Waals surface area contributed by atoms with Crippen LogP contribution in [0.2, 0.25) is 0 Å². The van der Waals surface area contributed by atoms with Crippen LogP contribution in [0, 0.1) is 0 Å². The zero-order valence-electron chi connectivity index (χ0n) is 33.2. The van der Waals surface area contributed by atoms with Crippen molar-refractivity contribution in [3.8, 4) is 23.0 Å². The van der Waals surface area contributed by atoms with Gasteiger partial charge in [0.1, 0.15) is 36.1 Å². The van der Waals surface area contributed by atoms with Crippen LogP contribution in [0.4, 0.5) is 5.69 Å². The van der Waals surface area contributed by atoms with Crippen molar-refractivity contribution in [2.75, 3.05) is 44.4 Å². The van der Waals surface area contributed by atoms with Gasteiger partial charge in [0, 0.05) is 23.9 Å². The van der Waals surface area contributed by atoms with Crippen LogP contribution < -0.4 is 23.8 Å². The Hall–Kier alpha value is -4.40. The fourth-order valence-corrected chi connectivity index (χ4v) is 6.50. The Bertz CT molecular complexity index is 1300. The average molecular weight is 762 g/mol. The topological polar surface area (TPSA) is 115 Å². The summed E-state index contributed by atoms with van der Waals surface area (Å²) >= 11 is 0. The number of aliphatic carboxylic acids is 2. The number of anilines is 1. The zero-order chi connectivity index (χ0) is 39.0. The summed E-state index contributed by atoms with van der Waals surface area (Å²) in [6.07, 6.45) is 23.4. The van der Waals surface area contributed by atoms with Gasteiger partial charge in [-0.25, -0.2) is 0 Å². The number of para-hydroxylation sites is 2. The van der Waals surface area contributed by atoms with Crippen LogP contribution in [0.15, 0.2) is 78.9 Å². The van der Waals surface area contributed by atoms with E-state index in [0.29, 0.717) is 30.4 Å². The third-order valence-corrected chi connectivity index (χ3v) is 9.52. The predicted octanol–water partition coefficient (Wildman–Crippen LogP) is 11.4. The second-order valence-electron chi connectivity index (χ2n) is 14.4. The Morgan fingerprint density at radius 3 is 0.945 bits per heavy atom. The van der Waals surface area contributed by atoms with Gasteiger partial charge in [-0.05, 0) is 49.9 Å². The molecule has 304 valence electrons. The Morgan fingerprint density at radius 2 is 0.655 bits per heavy atom. The fraction of sp³-hybridized carbons (Fsp3) is 0.565. The maximum Gasteiger partial charge on any atom is 0.323 e. The number of hydrogen-bond acceptors (Lipinski definition) is 7. The SMILES string of the molecule is O=C(O)CN(CC(=O)O)c1cc(OCCCCCCCCCCCCOc2ccccc2)cc(OCCCCCCCCCCCCOc2ccccc2)c1. The van der Waals surface area contributed by atoms with Crippen molar-refractivity contribution >= 4 is 17.6 Å². The first-order valence-corrected chi connectivity index (χ1v) is 20.9. The van der Waals surface area contributed by atoms with E-state index in [0.717, 1.165) is 63.2 Å². The van der Waals surface area contributed by atoms with Crippen LogP contribution in [0.25, 0.3) is 0 Å². The van der Waals surface area contributed by atoms with Crippen molar-refractivity contribution in [3.63, 3.8) is 0 Å². The van der Waals surface area contributed by atoms with E-state index >= 15 is 0 Å². The lowest BCUT2D eigenvalue weighted by atomic mass is 10.1. The number of nitrogens with zero attached hydrogens (tertiary/aromatic N) is 1. The molecular weight excluding hydrogens is 695 g/mol. The summed E-state index contributed by atoms with van der Waals surface area (Å²) in [6, 6.07) is 25.2. The molecule has 0 spiro atoms. The van der Waals surface area contributed by atoms with E-state index in [9.17, 15) is 19.8 Å². The molecule has 3 aromatic rings. The Kier molecular flexibility index (Phi) is 24.5. The number of rotatable bonds is 35. The molecular formula is C46H67NO8. The first kappa shape index (κ1) is 45.0. The van der Waals surface area contributed by atoms with Gasteiger partial charge >= 0.3 is 11.9 Å². The highest BCUT2D eigenvalue weighted by Gasteiger charge is 2.17. The highest BCUT2D eigenvalue weighted by atomic mass is 16.5. The molecule has 0 saturated carbocycles. The zero-order valence-corrected chi connectivity index (χ0v) is 33.2. The smallest absolute Gasteiger partial charge is 0.323 e. The molecule has 0 aliphatic rings. The number of carboxylic acids is 2. The molecule has 0 radical (unpaired) electrons. The van der Waals surface area contributed by atoms with Crippen molar-refractivity contribution in [2.24, 2.45) is 0 Å². The van der Waals surface area contributed by atoms with Gasteiger partial charge in [0.25, 0.3) is 0 Å². The molecule has 0 aromatic heterocycles. The summed E-state index contributed by atoms with van der Waals surface area (Å²) in [5.74, 6) is 0.812. The molecule has 2 N–H and O–H groups in total. The number of carboxylic acid groups (broad SMARTS) is 2. The van der Waals surface area contributed by atoms with Crippen LogP contribution in [-0.4, -0.2) is 61.7 Å². The van der Waals surface area contributed by atoms with Gasteiger partial charge in [-0.2, -0.15) is 0 Å². The normalized spacial score (nSPS) is 10.9. The molecule has 0 atom stereocenters. The molecule has 3 aromatic carbocycles. The van der Waals surface area contributed by atoms with Gasteiger partial charge in [0.15, 0.2) is 0 Å². The highest BCUT2D eigenvalue weighted by molar-refractivity contribution is 5.80. The quantitative estimate of drug-likeness (QED) is 0.0565. The van der Waals surface area contributed by atoms with Crippen LogP contribution in [-0.2, 0) is 9.59 Å². The van der Waals surface area contributed by atoms with Crippen LogP contribution >= 0.6 is 0 Å². The number of hydrogen-bond donors (Lipinski definition) is 2. The fourth-order valence-electron chi connectivity index (χ4n) is 6.50. The second kappa shape index (κ2) is 29.9. The van der Waals surface area contributed by atoms with E-state index in [1.54, 1.807) is 12.1 Å². The summed E-state index contributed by atoms with van der Waals surface area (Å²) < 4.78 is 23.7. The summed E-state index contributed by atoms with van der Waals surface area (Å²) in [6.45, 7) is 1.77. The molecule has 0 unspecified atom stereocenters. The van der Waals surface area contributed by atoms with E-state index in [4.69, 9.17) is 18.9 Å². The lowest BCUT2D eigenvalue weighted by molar-refractivity contribution is -0.136. The lowest BCUT2D eigenvalue weighted by Crippen LogP contribution is -2.34. The van der Waals surface area contributed by atoms with E-state index in [-0.39, 0.29) is 0 Å². The van der Waals surface area contributed by atoms with Gasteiger partial charge in [-0.3, -0.25) is 9.59 Å². The molecule has 0 heterocycles. The van der Waals surface area contributed by atoms with E-state index in [1.165, 1.54) is 94.8 Å². The number of carbonyl (C=O) groups is 2. The van der Waals surface area contributed by atoms with Crippen molar-refractivity contribution in [3.05, 3.63) is 78.9 Å². The average Bonchev–Trinajstić information content (AvgIpc) is 3.18. The monoisotopic (exact) mass is 761 g/mol. The number of benzene rings is 3. The van der Waals surface area contributed by atoms with E-state index < -0.39 is 25.0 Å². The summed E-state index contributed by atoms with van der Waals surface area (Å²) in [5, 5.41) is 18.9. The summed E-state index contributed by atoms with van der Waals surface area (Å²) in [5.41, 5.74) is 0.463. The van der Waals surface area contributed by atoms with Crippen LogP contribution in [0.3, 0.4) is 0 Å². The minimum absolute atomic E-state index is 0.430. The molecule has 0 aliphatic heterocycles. The van der Waals surface area contributed by atoms with Gasteiger partial charge in [-0.1, -0.05) is 139 Å². The first-order chi connectivity index (χ1) is 27.0. The number of ether oxygens (including phenoxy) is 4. The Labute approximate surface area is 330 Å². The highest BCUT2D eigenvalue weighted by Crippen LogP contribution is 2.29. The van der Waals surface area contributed by atoms with E-state index in [1.807, 2.05) is 66.7 Å². The maximum absolute atomic E-state index is 11.5. The molecule has 55 heavy (non-hydrogen) atoms. The molecule has 0 saturated heterocycles. The minimum atomic E-state index is -1.10.